The number of nitrogens with one attached hydrogen (secondary N) is 2. The van der Waals surface area contributed by atoms with Gasteiger partial charge in [0.25, 0.3) is 11.8 Å². The predicted molar refractivity (Wildman–Crippen MR) is 136 cm³/mol. The van der Waals surface area contributed by atoms with Crippen LogP contribution in [0.25, 0.3) is 0 Å². The van der Waals surface area contributed by atoms with Crippen molar-refractivity contribution in [1.29, 1.82) is 0 Å². The average molecular weight is 497 g/mol. The van der Waals surface area contributed by atoms with Crippen molar-refractivity contribution in [3.8, 4) is 0 Å². The standard InChI is InChI=1S/C25H22ClFN4O2S/c26-19-6-4-17(5-7-19)24(33)31-14-12-30(13-15-31)22-10-8-21(9-11-22)28-25(34)29-23(32)18-2-1-3-20(27)16-18/h1-11,16H,12-15H2,(H2,28,29,32,34). The fourth-order valence-electron chi connectivity index (χ4n) is 3.67. The Morgan fingerprint density at radius 2 is 1.56 bits per heavy atom. The molecule has 1 aliphatic rings. The molecule has 9 heteroatoms. The van der Waals surface area contributed by atoms with Crippen LogP contribution < -0.4 is 15.5 Å². The maximum atomic E-state index is 13.3. The van der Waals surface area contributed by atoms with Crippen LogP contribution in [0.2, 0.25) is 5.02 Å². The number of rotatable bonds is 4. The molecule has 1 aliphatic heterocycles. The molecule has 0 spiro atoms. The lowest BCUT2D eigenvalue weighted by Gasteiger charge is -2.36. The van der Waals surface area contributed by atoms with E-state index in [-0.39, 0.29) is 16.6 Å². The quantitative estimate of drug-likeness (QED) is 0.518. The molecule has 174 valence electrons. The topological polar surface area (TPSA) is 64.7 Å². The van der Waals surface area contributed by atoms with Crippen molar-refractivity contribution in [2.75, 3.05) is 36.4 Å². The summed E-state index contributed by atoms with van der Waals surface area (Å²) in [6.07, 6.45) is 0. The van der Waals surface area contributed by atoms with Crippen LogP contribution in [0.1, 0.15) is 20.7 Å². The Labute approximate surface area is 207 Å². The Balaban J connectivity index is 1.28. The summed E-state index contributed by atoms with van der Waals surface area (Å²) in [6, 6.07) is 20.0. The molecule has 0 bridgehead atoms. The monoisotopic (exact) mass is 496 g/mol. The van der Waals surface area contributed by atoms with Crippen LogP contribution in [0.3, 0.4) is 0 Å². The van der Waals surface area contributed by atoms with Crippen molar-refractivity contribution < 1.29 is 14.0 Å². The maximum Gasteiger partial charge on any atom is 0.257 e. The molecule has 0 saturated carbocycles. The zero-order valence-electron chi connectivity index (χ0n) is 18.1. The Kier molecular flexibility index (Phi) is 7.40. The van der Waals surface area contributed by atoms with E-state index in [9.17, 15) is 14.0 Å². The van der Waals surface area contributed by atoms with E-state index in [4.69, 9.17) is 23.8 Å². The van der Waals surface area contributed by atoms with Gasteiger partial charge in [0, 0.05) is 53.7 Å². The lowest BCUT2D eigenvalue weighted by atomic mass is 10.1. The first-order valence-corrected chi connectivity index (χ1v) is 11.5. The number of halogens is 2. The lowest BCUT2D eigenvalue weighted by molar-refractivity contribution is 0.0746. The fourth-order valence-corrected chi connectivity index (χ4v) is 4.00. The third-order valence-corrected chi connectivity index (χ3v) is 5.92. The fraction of sp³-hybridized carbons (Fsp3) is 0.160. The molecule has 1 fully saturated rings. The largest absolute Gasteiger partial charge is 0.368 e. The molecule has 6 nitrogen and oxygen atoms in total. The number of piperazine rings is 1. The van der Waals surface area contributed by atoms with Gasteiger partial charge in [-0.2, -0.15) is 0 Å². The summed E-state index contributed by atoms with van der Waals surface area (Å²) in [6.45, 7) is 2.68. The highest BCUT2D eigenvalue weighted by Crippen LogP contribution is 2.21. The van der Waals surface area contributed by atoms with Gasteiger partial charge in [0.1, 0.15) is 5.82 Å². The average Bonchev–Trinajstić information content (AvgIpc) is 2.84. The summed E-state index contributed by atoms with van der Waals surface area (Å²) in [4.78, 5) is 28.9. The number of nitrogens with zero attached hydrogens (tertiary/aromatic N) is 2. The Morgan fingerprint density at radius 3 is 2.21 bits per heavy atom. The van der Waals surface area contributed by atoms with Gasteiger partial charge in [-0.3, -0.25) is 14.9 Å². The molecule has 0 aromatic heterocycles. The molecule has 4 rings (SSSR count). The normalized spacial score (nSPS) is 13.4. The minimum atomic E-state index is -0.489. The van der Waals surface area contributed by atoms with Crippen LogP contribution in [-0.4, -0.2) is 48.0 Å². The zero-order valence-corrected chi connectivity index (χ0v) is 19.7. The van der Waals surface area contributed by atoms with Crippen molar-refractivity contribution >= 4 is 52.1 Å². The van der Waals surface area contributed by atoms with Crippen molar-refractivity contribution in [2.45, 2.75) is 0 Å². The Bertz CT molecular complexity index is 1200. The second-order valence-electron chi connectivity index (χ2n) is 7.75. The zero-order chi connectivity index (χ0) is 24.1. The van der Waals surface area contributed by atoms with E-state index >= 15 is 0 Å². The molecular weight excluding hydrogens is 475 g/mol. The molecule has 0 unspecified atom stereocenters. The first-order chi connectivity index (χ1) is 16.4. The highest BCUT2D eigenvalue weighted by molar-refractivity contribution is 7.80. The maximum absolute atomic E-state index is 13.3. The number of amides is 2. The van der Waals surface area contributed by atoms with Crippen LogP contribution in [-0.2, 0) is 0 Å². The van der Waals surface area contributed by atoms with E-state index in [2.05, 4.69) is 15.5 Å². The van der Waals surface area contributed by atoms with E-state index in [1.54, 1.807) is 24.3 Å². The van der Waals surface area contributed by atoms with Gasteiger partial charge in [-0.1, -0.05) is 17.7 Å². The third-order valence-electron chi connectivity index (χ3n) is 5.46. The van der Waals surface area contributed by atoms with E-state index in [0.29, 0.717) is 42.5 Å². The molecule has 3 aromatic rings. The number of hydrogen-bond acceptors (Lipinski definition) is 4. The predicted octanol–water partition coefficient (Wildman–Crippen LogP) is 4.57. The van der Waals surface area contributed by atoms with Gasteiger partial charge in [0.05, 0.1) is 0 Å². The first kappa shape index (κ1) is 23.7. The van der Waals surface area contributed by atoms with Crippen molar-refractivity contribution in [2.24, 2.45) is 0 Å². The number of hydrogen-bond donors (Lipinski definition) is 2. The van der Waals surface area contributed by atoms with Gasteiger partial charge >= 0.3 is 0 Å². The second kappa shape index (κ2) is 10.6. The smallest absolute Gasteiger partial charge is 0.257 e. The number of benzene rings is 3. The second-order valence-corrected chi connectivity index (χ2v) is 8.60. The van der Waals surface area contributed by atoms with Gasteiger partial charge in [-0.15, -0.1) is 0 Å². The molecule has 2 N–H and O–H groups in total. The number of carbonyl (C=O) groups is 2. The van der Waals surface area contributed by atoms with Crippen molar-refractivity contribution in [3.63, 3.8) is 0 Å². The van der Waals surface area contributed by atoms with Gasteiger partial charge in [-0.25, -0.2) is 4.39 Å². The Hall–Kier alpha value is -3.49. The molecule has 0 atom stereocenters. The summed E-state index contributed by atoms with van der Waals surface area (Å²) in [5, 5.41) is 6.22. The minimum absolute atomic E-state index is 0.00432. The summed E-state index contributed by atoms with van der Waals surface area (Å²) in [7, 11) is 0. The molecular formula is C25H22ClFN4O2S. The molecule has 0 aliphatic carbocycles. The molecule has 0 radical (unpaired) electrons. The molecule has 1 saturated heterocycles. The number of anilines is 2. The van der Waals surface area contributed by atoms with Crippen molar-refractivity contribution in [3.05, 3.63) is 94.8 Å². The van der Waals surface area contributed by atoms with Crippen LogP contribution in [0.5, 0.6) is 0 Å². The molecule has 1 heterocycles. The number of thiocarbonyl (C=S) groups is 1. The summed E-state index contributed by atoms with van der Waals surface area (Å²) in [5.74, 6) is -0.971. The first-order valence-electron chi connectivity index (χ1n) is 10.7. The van der Waals surface area contributed by atoms with E-state index in [1.807, 2.05) is 29.2 Å². The van der Waals surface area contributed by atoms with E-state index < -0.39 is 11.7 Å². The highest BCUT2D eigenvalue weighted by atomic mass is 35.5. The Morgan fingerprint density at radius 1 is 0.882 bits per heavy atom. The van der Waals surface area contributed by atoms with Crippen LogP contribution in [0.15, 0.2) is 72.8 Å². The third kappa shape index (κ3) is 5.89. The molecule has 2 amide bonds. The van der Waals surface area contributed by atoms with E-state index in [1.165, 1.54) is 18.2 Å². The summed E-state index contributed by atoms with van der Waals surface area (Å²) < 4.78 is 13.3. The van der Waals surface area contributed by atoms with Crippen molar-refractivity contribution in [1.82, 2.24) is 10.2 Å². The molecule has 3 aromatic carbocycles. The van der Waals surface area contributed by atoms with Gasteiger partial charge < -0.3 is 15.1 Å². The number of carbonyl (C=O) groups excluding carboxylic acids is 2. The van der Waals surface area contributed by atoms with Gasteiger partial charge in [0.15, 0.2) is 5.11 Å². The summed E-state index contributed by atoms with van der Waals surface area (Å²) in [5.41, 5.74) is 2.56. The van der Waals surface area contributed by atoms with Crippen LogP contribution in [0.4, 0.5) is 15.8 Å². The van der Waals surface area contributed by atoms with E-state index in [0.717, 1.165) is 11.8 Å². The molecule has 34 heavy (non-hydrogen) atoms. The lowest BCUT2D eigenvalue weighted by Crippen LogP contribution is -2.48. The van der Waals surface area contributed by atoms with Gasteiger partial charge in [-0.05, 0) is 78.9 Å². The van der Waals surface area contributed by atoms with Gasteiger partial charge in [0.2, 0.25) is 0 Å². The van der Waals surface area contributed by atoms with Crippen LogP contribution >= 0.6 is 23.8 Å². The summed E-state index contributed by atoms with van der Waals surface area (Å²) >= 11 is 11.1. The van der Waals surface area contributed by atoms with Crippen LogP contribution in [0, 0.1) is 5.82 Å². The SMILES string of the molecule is O=C(NC(=S)Nc1ccc(N2CCN(C(=O)c3ccc(Cl)cc3)CC2)cc1)c1cccc(F)c1. The highest BCUT2D eigenvalue weighted by Gasteiger charge is 2.22. The minimum Gasteiger partial charge on any atom is -0.368 e.